The van der Waals surface area contributed by atoms with Crippen molar-refractivity contribution >= 4 is 34.8 Å². The van der Waals surface area contributed by atoms with E-state index in [1.165, 1.54) is 4.90 Å². The van der Waals surface area contributed by atoms with Crippen molar-refractivity contribution in [1.82, 2.24) is 9.80 Å². The molecule has 0 saturated carbocycles. The third-order valence-electron chi connectivity index (χ3n) is 5.14. The number of halogens is 1. The summed E-state index contributed by atoms with van der Waals surface area (Å²) in [4.78, 5) is 31.0. The van der Waals surface area contributed by atoms with E-state index >= 15 is 0 Å². The van der Waals surface area contributed by atoms with Crippen LogP contribution >= 0.6 is 22.9 Å². The zero-order chi connectivity index (χ0) is 22.9. The lowest BCUT2D eigenvalue weighted by molar-refractivity contribution is -0.133. The van der Waals surface area contributed by atoms with E-state index in [2.05, 4.69) is 6.07 Å². The topological polar surface area (TPSA) is 49.9 Å². The molecule has 0 atom stereocenters. The summed E-state index contributed by atoms with van der Waals surface area (Å²) in [7, 11) is 1.58. The Kier molecular flexibility index (Phi) is 8.85. The van der Waals surface area contributed by atoms with Crippen molar-refractivity contribution in [2.45, 2.75) is 20.0 Å². The highest BCUT2D eigenvalue weighted by molar-refractivity contribution is 7.10. The van der Waals surface area contributed by atoms with Crippen LogP contribution in [0.3, 0.4) is 0 Å². The minimum absolute atomic E-state index is 0.0257. The molecule has 0 unspecified atom stereocenters. The van der Waals surface area contributed by atoms with E-state index in [4.69, 9.17) is 16.3 Å². The van der Waals surface area contributed by atoms with Crippen LogP contribution < -0.4 is 0 Å². The lowest BCUT2D eigenvalue weighted by atomic mass is 10.2. The van der Waals surface area contributed by atoms with Crippen molar-refractivity contribution in [2.75, 3.05) is 26.8 Å². The monoisotopic (exact) mass is 470 g/mol. The third-order valence-corrected chi connectivity index (χ3v) is 6.40. The van der Waals surface area contributed by atoms with Gasteiger partial charge in [0.05, 0.1) is 13.2 Å². The fourth-order valence-corrected chi connectivity index (χ4v) is 4.31. The quantitative estimate of drug-likeness (QED) is 0.417. The maximum atomic E-state index is 13.4. The van der Waals surface area contributed by atoms with Crippen molar-refractivity contribution in [3.63, 3.8) is 0 Å². The van der Waals surface area contributed by atoms with Gasteiger partial charge in [-0.25, -0.2) is 0 Å². The zero-order valence-electron chi connectivity index (χ0n) is 18.3. The summed E-state index contributed by atoms with van der Waals surface area (Å²) in [5.41, 5.74) is 2.69. The third kappa shape index (κ3) is 6.66. The van der Waals surface area contributed by atoms with Gasteiger partial charge in [-0.3, -0.25) is 9.59 Å². The summed E-state index contributed by atoms with van der Waals surface area (Å²) in [5.74, 6) is -0.334. The van der Waals surface area contributed by atoms with Crippen LogP contribution in [-0.4, -0.2) is 48.4 Å². The van der Waals surface area contributed by atoms with E-state index < -0.39 is 0 Å². The van der Waals surface area contributed by atoms with Crippen LogP contribution in [0.25, 0.3) is 0 Å². The molecule has 32 heavy (non-hydrogen) atoms. The number of methoxy groups -OCH3 is 1. The van der Waals surface area contributed by atoms with Crippen molar-refractivity contribution in [3.05, 3.63) is 92.6 Å². The number of aryl methyl sites for hydroxylation is 1. The first-order chi connectivity index (χ1) is 15.5. The van der Waals surface area contributed by atoms with E-state index in [-0.39, 0.29) is 18.4 Å². The maximum absolute atomic E-state index is 13.4. The zero-order valence-corrected chi connectivity index (χ0v) is 19.9. The molecule has 2 aromatic carbocycles. The Morgan fingerprint density at radius 3 is 2.31 bits per heavy atom. The van der Waals surface area contributed by atoms with E-state index in [1.807, 2.05) is 47.5 Å². The van der Waals surface area contributed by atoms with E-state index in [0.29, 0.717) is 36.8 Å². The molecule has 7 heteroatoms. The summed E-state index contributed by atoms with van der Waals surface area (Å²) in [6.45, 7) is 3.67. The molecule has 0 N–H and O–H groups in total. The first-order valence-corrected chi connectivity index (χ1v) is 11.6. The number of hydrogen-bond acceptors (Lipinski definition) is 4. The standard InChI is InChI=1S/C25H27ClN2O3S/c1-19-12-15-32-23(19)17-28(16-20-6-4-3-5-7-20)24(29)18-27(13-14-31-2)25(30)21-8-10-22(26)11-9-21/h3-12,15H,13-14,16-18H2,1-2H3. The molecule has 3 aromatic rings. The molecule has 0 fully saturated rings. The summed E-state index contributed by atoms with van der Waals surface area (Å²) >= 11 is 7.59. The molecule has 0 aliphatic heterocycles. The summed E-state index contributed by atoms with van der Waals surface area (Å²) < 4.78 is 5.18. The Bertz CT molecular complexity index is 1020. The minimum atomic E-state index is -0.223. The molecule has 1 heterocycles. The second kappa shape index (κ2) is 11.8. The van der Waals surface area contributed by atoms with Crippen LogP contribution in [0.1, 0.15) is 26.4 Å². The van der Waals surface area contributed by atoms with Gasteiger partial charge >= 0.3 is 0 Å². The van der Waals surface area contributed by atoms with Gasteiger partial charge in [0.1, 0.15) is 6.54 Å². The predicted octanol–water partition coefficient (Wildman–Crippen LogP) is 5.03. The molecular formula is C25H27ClN2O3S. The Hall–Kier alpha value is -2.67. The highest BCUT2D eigenvalue weighted by Gasteiger charge is 2.23. The Morgan fingerprint density at radius 1 is 0.969 bits per heavy atom. The van der Waals surface area contributed by atoms with Crippen LogP contribution in [0.2, 0.25) is 5.02 Å². The normalized spacial score (nSPS) is 10.7. The van der Waals surface area contributed by atoms with E-state index in [0.717, 1.165) is 16.0 Å². The van der Waals surface area contributed by atoms with E-state index in [1.54, 1.807) is 42.7 Å². The number of hydrogen-bond donors (Lipinski definition) is 0. The summed E-state index contributed by atoms with van der Waals surface area (Å²) in [6, 6.07) is 18.6. The number of thiophene rings is 1. The van der Waals surface area contributed by atoms with Gasteiger partial charge in [0.15, 0.2) is 0 Å². The van der Waals surface area contributed by atoms with Crippen molar-refractivity contribution in [1.29, 1.82) is 0 Å². The lowest BCUT2D eigenvalue weighted by Crippen LogP contribution is -2.43. The Balaban J connectivity index is 1.80. The molecule has 1 aromatic heterocycles. The second-order valence-electron chi connectivity index (χ2n) is 7.49. The average molecular weight is 471 g/mol. The molecule has 3 rings (SSSR count). The molecule has 2 amide bonds. The number of rotatable bonds is 10. The molecule has 0 bridgehead atoms. The fourth-order valence-electron chi connectivity index (χ4n) is 3.27. The number of carbonyl (C=O) groups excluding carboxylic acids is 2. The van der Waals surface area contributed by atoms with Crippen LogP contribution in [0.5, 0.6) is 0 Å². The first kappa shape index (κ1) is 24.0. The van der Waals surface area contributed by atoms with Gasteiger partial charge in [0.25, 0.3) is 5.91 Å². The van der Waals surface area contributed by atoms with Gasteiger partial charge in [-0.05, 0) is 53.8 Å². The number of nitrogens with zero attached hydrogens (tertiary/aromatic N) is 2. The smallest absolute Gasteiger partial charge is 0.254 e. The molecule has 0 saturated heterocycles. The van der Waals surface area contributed by atoms with E-state index in [9.17, 15) is 9.59 Å². The van der Waals surface area contributed by atoms with Crippen LogP contribution in [0.4, 0.5) is 0 Å². The van der Waals surface area contributed by atoms with Crippen molar-refractivity contribution < 1.29 is 14.3 Å². The molecule has 0 spiro atoms. The SMILES string of the molecule is COCCN(CC(=O)N(Cc1ccccc1)Cc1sccc1C)C(=O)c1ccc(Cl)cc1. The van der Waals surface area contributed by atoms with Crippen molar-refractivity contribution in [3.8, 4) is 0 Å². The molecular weight excluding hydrogens is 444 g/mol. The number of benzene rings is 2. The molecule has 0 aliphatic carbocycles. The molecule has 5 nitrogen and oxygen atoms in total. The largest absolute Gasteiger partial charge is 0.383 e. The average Bonchev–Trinajstić information content (AvgIpc) is 3.21. The highest BCUT2D eigenvalue weighted by Crippen LogP contribution is 2.20. The molecule has 0 aliphatic rings. The van der Waals surface area contributed by atoms with Gasteiger partial charge in [0, 0.05) is 35.7 Å². The Labute approximate surface area is 198 Å². The second-order valence-corrected chi connectivity index (χ2v) is 8.93. The Morgan fingerprint density at radius 2 is 1.69 bits per heavy atom. The lowest BCUT2D eigenvalue weighted by Gasteiger charge is -2.28. The van der Waals surface area contributed by atoms with Crippen molar-refractivity contribution in [2.24, 2.45) is 0 Å². The number of ether oxygens (including phenoxy) is 1. The highest BCUT2D eigenvalue weighted by atomic mass is 35.5. The summed E-state index contributed by atoms with van der Waals surface area (Å²) in [6.07, 6.45) is 0. The van der Waals surface area contributed by atoms with Gasteiger partial charge in [-0.2, -0.15) is 0 Å². The molecule has 168 valence electrons. The van der Waals surface area contributed by atoms with Crippen LogP contribution in [0.15, 0.2) is 66.0 Å². The van der Waals surface area contributed by atoms with Gasteiger partial charge in [-0.15, -0.1) is 11.3 Å². The van der Waals surface area contributed by atoms with Crippen LogP contribution in [-0.2, 0) is 22.6 Å². The first-order valence-electron chi connectivity index (χ1n) is 10.4. The van der Waals surface area contributed by atoms with Crippen LogP contribution in [0, 0.1) is 6.92 Å². The molecule has 0 radical (unpaired) electrons. The predicted molar refractivity (Wildman–Crippen MR) is 129 cm³/mol. The fraction of sp³-hybridized carbons (Fsp3) is 0.280. The van der Waals surface area contributed by atoms with Gasteiger partial charge < -0.3 is 14.5 Å². The maximum Gasteiger partial charge on any atom is 0.254 e. The number of carbonyl (C=O) groups is 2. The van der Waals surface area contributed by atoms with Gasteiger partial charge in [-0.1, -0.05) is 41.9 Å². The minimum Gasteiger partial charge on any atom is -0.383 e. The summed E-state index contributed by atoms with van der Waals surface area (Å²) in [5, 5.41) is 2.59. The van der Waals surface area contributed by atoms with Gasteiger partial charge in [0.2, 0.25) is 5.91 Å². The number of amides is 2.